The molecule has 0 unspecified atom stereocenters. The van der Waals surface area contributed by atoms with Crippen LogP contribution in [0.4, 0.5) is 10.2 Å². The van der Waals surface area contributed by atoms with E-state index in [0.29, 0.717) is 11.5 Å². The number of pyridine rings is 1. The van der Waals surface area contributed by atoms with Gasteiger partial charge < -0.3 is 5.73 Å². The highest BCUT2D eigenvalue weighted by atomic mass is 19.1. The molecule has 0 aliphatic carbocycles. The summed E-state index contributed by atoms with van der Waals surface area (Å²) in [4.78, 5) is 4.08. The van der Waals surface area contributed by atoms with Gasteiger partial charge in [-0.15, -0.1) is 0 Å². The van der Waals surface area contributed by atoms with E-state index in [2.05, 4.69) is 15.2 Å². The first-order valence-corrected chi connectivity index (χ1v) is 6.17. The number of aromatic amines is 1. The molecule has 0 saturated heterocycles. The SMILES string of the molecule is Cc1cnccc1-c1c(-c2ccc(F)cc2)n[nH]c1N. The molecular formula is C15H13FN4. The van der Waals surface area contributed by atoms with Crippen LogP contribution in [0.3, 0.4) is 0 Å². The van der Waals surface area contributed by atoms with Gasteiger partial charge in [-0.3, -0.25) is 10.1 Å². The van der Waals surface area contributed by atoms with Crippen molar-refractivity contribution in [2.75, 3.05) is 5.73 Å². The molecule has 0 bridgehead atoms. The number of aryl methyl sites for hydroxylation is 1. The Morgan fingerprint density at radius 2 is 1.90 bits per heavy atom. The lowest BCUT2D eigenvalue weighted by atomic mass is 9.99. The average molecular weight is 268 g/mol. The Labute approximate surface area is 115 Å². The van der Waals surface area contributed by atoms with Crippen molar-refractivity contribution in [2.45, 2.75) is 6.92 Å². The summed E-state index contributed by atoms with van der Waals surface area (Å²) in [7, 11) is 0. The number of anilines is 1. The molecule has 3 N–H and O–H groups in total. The fraction of sp³-hybridized carbons (Fsp3) is 0.0667. The number of rotatable bonds is 2. The van der Waals surface area contributed by atoms with Crippen LogP contribution in [0.1, 0.15) is 5.56 Å². The molecule has 0 amide bonds. The van der Waals surface area contributed by atoms with E-state index in [1.165, 1.54) is 12.1 Å². The highest BCUT2D eigenvalue weighted by Crippen LogP contribution is 2.35. The number of hydrogen-bond acceptors (Lipinski definition) is 3. The molecule has 0 aliphatic heterocycles. The van der Waals surface area contributed by atoms with Crippen molar-refractivity contribution in [1.29, 1.82) is 0 Å². The Morgan fingerprint density at radius 3 is 2.60 bits per heavy atom. The van der Waals surface area contributed by atoms with Gasteiger partial charge in [0.2, 0.25) is 0 Å². The molecule has 0 spiro atoms. The van der Waals surface area contributed by atoms with E-state index in [9.17, 15) is 4.39 Å². The summed E-state index contributed by atoms with van der Waals surface area (Å²) in [6.45, 7) is 1.96. The number of nitrogens with two attached hydrogens (primary N) is 1. The zero-order valence-electron chi connectivity index (χ0n) is 10.9. The second-order valence-electron chi connectivity index (χ2n) is 4.56. The van der Waals surface area contributed by atoms with Crippen molar-refractivity contribution in [3.63, 3.8) is 0 Å². The van der Waals surface area contributed by atoms with Crippen LogP contribution in [0.2, 0.25) is 0 Å². The molecule has 100 valence electrons. The Kier molecular flexibility index (Phi) is 2.95. The number of hydrogen-bond donors (Lipinski definition) is 2. The summed E-state index contributed by atoms with van der Waals surface area (Å²) in [5.74, 6) is 0.206. The molecule has 0 saturated carbocycles. The molecule has 3 aromatic rings. The molecule has 0 aliphatic rings. The van der Waals surface area contributed by atoms with Gasteiger partial charge in [-0.2, -0.15) is 5.10 Å². The number of benzene rings is 1. The smallest absolute Gasteiger partial charge is 0.127 e. The van der Waals surface area contributed by atoms with Gasteiger partial charge >= 0.3 is 0 Å². The monoisotopic (exact) mass is 268 g/mol. The first-order chi connectivity index (χ1) is 9.66. The van der Waals surface area contributed by atoms with Gasteiger partial charge in [0, 0.05) is 18.0 Å². The van der Waals surface area contributed by atoms with Gasteiger partial charge in [0.05, 0.1) is 5.56 Å². The predicted molar refractivity (Wildman–Crippen MR) is 76.4 cm³/mol. The molecule has 1 aromatic carbocycles. The van der Waals surface area contributed by atoms with Gasteiger partial charge in [0.25, 0.3) is 0 Å². The summed E-state index contributed by atoms with van der Waals surface area (Å²) in [5.41, 5.74) is 10.3. The minimum Gasteiger partial charge on any atom is -0.384 e. The standard InChI is InChI=1S/C15H13FN4/c1-9-8-18-7-6-12(9)13-14(19-20-15(13)17)10-2-4-11(16)5-3-10/h2-8H,1H3,(H3,17,19,20). The molecule has 0 fully saturated rings. The van der Waals surface area contributed by atoms with Crippen molar-refractivity contribution >= 4 is 5.82 Å². The third-order valence-electron chi connectivity index (χ3n) is 3.20. The summed E-state index contributed by atoms with van der Waals surface area (Å²) >= 11 is 0. The highest BCUT2D eigenvalue weighted by molar-refractivity contribution is 5.88. The van der Waals surface area contributed by atoms with E-state index < -0.39 is 0 Å². The fourth-order valence-corrected chi connectivity index (χ4v) is 2.20. The molecule has 2 aromatic heterocycles. The van der Waals surface area contributed by atoms with Crippen LogP contribution < -0.4 is 5.73 Å². The third-order valence-corrected chi connectivity index (χ3v) is 3.20. The maximum Gasteiger partial charge on any atom is 0.127 e. The first kappa shape index (κ1) is 12.3. The molecule has 2 heterocycles. The van der Waals surface area contributed by atoms with Crippen molar-refractivity contribution < 1.29 is 4.39 Å². The van der Waals surface area contributed by atoms with Crippen molar-refractivity contribution in [2.24, 2.45) is 0 Å². The lowest BCUT2D eigenvalue weighted by Gasteiger charge is -2.07. The fourth-order valence-electron chi connectivity index (χ4n) is 2.20. The van der Waals surface area contributed by atoms with E-state index in [1.54, 1.807) is 24.5 Å². The number of nitrogens with zero attached hydrogens (tertiary/aromatic N) is 2. The topological polar surface area (TPSA) is 67.6 Å². The Bertz CT molecular complexity index is 747. The number of halogens is 1. The molecule has 0 atom stereocenters. The van der Waals surface area contributed by atoms with E-state index in [4.69, 9.17) is 5.73 Å². The van der Waals surface area contributed by atoms with Crippen LogP contribution in [-0.2, 0) is 0 Å². The van der Waals surface area contributed by atoms with Crippen molar-refractivity contribution in [1.82, 2.24) is 15.2 Å². The Hall–Kier alpha value is -2.69. The molecule has 3 rings (SSSR count). The van der Waals surface area contributed by atoms with E-state index in [1.807, 2.05) is 13.0 Å². The molecule has 4 nitrogen and oxygen atoms in total. The van der Waals surface area contributed by atoms with Crippen LogP contribution in [0.25, 0.3) is 22.4 Å². The second kappa shape index (κ2) is 4.77. The zero-order valence-corrected chi connectivity index (χ0v) is 10.9. The van der Waals surface area contributed by atoms with Crippen LogP contribution in [0.15, 0.2) is 42.7 Å². The Morgan fingerprint density at radius 1 is 1.15 bits per heavy atom. The van der Waals surface area contributed by atoms with Crippen LogP contribution in [0.5, 0.6) is 0 Å². The van der Waals surface area contributed by atoms with E-state index in [-0.39, 0.29) is 5.82 Å². The second-order valence-corrected chi connectivity index (χ2v) is 4.56. The largest absolute Gasteiger partial charge is 0.384 e. The maximum absolute atomic E-state index is 13.0. The van der Waals surface area contributed by atoms with Gasteiger partial charge in [0.1, 0.15) is 17.3 Å². The first-order valence-electron chi connectivity index (χ1n) is 6.17. The van der Waals surface area contributed by atoms with Crippen molar-refractivity contribution in [3.05, 3.63) is 54.1 Å². The summed E-state index contributed by atoms with van der Waals surface area (Å²) in [5, 5.41) is 7.03. The van der Waals surface area contributed by atoms with Gasteiger partial charge in [0.15, 0.2) is 0 Å². The van der Waals surface area contributed by atoms with Crippen LogP contribution >= 0.6 is 0 Å². The predicted octanol–water partition coefficient (Wildman–Crippen LogP) is 3.17. The lowest BCUT2D eigenvalue weighted by Crippen LogP contribution is -1.91. The normalized spacial score (nSPS) is 10.7. The minimum absolute atomic E-state index is 0.279. The third kappa shape index (κ3) is 2.03. The Balaban J connectivity index is 2.20. The average Bonchev–Trinajstić information content (AvgIpc) is 2.82. The number of H-pyrrole nitrogens is 1. The highest BCUT2D eigenvalue weighted by Gasteiger charge is 2.16. The van der Waals surface area contributed by atoms with Gasteiger partial charge in [-0.25, -0.2) is 4.39 Å². The van der Waals surface area contributed by atoms with E-state index >= 15 is 0 Å². The van der Waals surface area contributed by atoms with E-state index in [0.717, 1.165) is 22.3 Å². The number of nitrogen functional groups attached to an aromatic ring is 1. The van der Waals surface area contributed by atoms with Crippen molar-refractivity contribution in [3.8, 4) is 22.4 Å². The summed E-state index contributed by atoms with van der Waals surface area (Å²) < 4.78 is 13.0. The number of aromatic nitrogens is 3. The molecular weight excluding hydrogens is 255 g/mol. The number of nitrogens with one attached hydrogen (secondary N) is 1. The maximum atomic E-state index is 13.0. The zero-order chi connectivity index (χ0) is 14.1. The molecule has 20 heavy (non-hydrogen) atoms. The lowest BCUT2D eigenvalue weighted by molar-refractivity contribution is 0.628. The van der Waals surface area contributed by atoms with Gasteiger partial charge in [-0.1, -0.05) is 0 Å². The summed E-state index contributed by atoms with van der Waals surface area (Å²) in [6.07, 6.45) is 3.49. The summed E-state index contributed by atoms with van der Waals surface area (Å²) in [6, 6.07) is 8.08. The van der Waals surface area contributed by atoms with Crippen LogP contribution in [0, 0.1) is 12.7 Å². The molecule has 5 heteroatoms. The van der Waals surface area contributed by atoms with Gasteiger partial charge in [-0.05, 0) is 48.4 Å². The van der Waals surface area contributed by atoms with Crippen LogP contribution in [-0.4, -0.2) is 15.2 Å². The quantitative estimate of drug-likeness (QED) is 0.750. The minimum atomic E-state index is -0.279. The molecule has 0 radical (unpaired) electrons.